The maximum absolute atomic E-state index is 13.3. The fourth-order valence-corrected chi connectivity index (χ4v) is 5.07. The van der Waals surface area contributed by atoms with Gasteiger partial charge in [0, 0.05) is 25.8 Å². The molecule has 4 rings (SSSR count). The van der Waals surface area contributed by atoms with Gasteiger partial charge in [0.1, 0.15) is 5.75 Å². The number of sulfonamides is 1. The third-order valence-corrected chi connectivity index (χ3v) is 7.33. The Morgan fingerprint density at radius 1 is 1.00 bits per heavy atom. The molecule has 1 saturated heterocycles. The number of benzene rings is 3. The van der Waals surface area contributed by atoms with Crippen molar-refractivity contribution in [2.24, 2.45) is 0 Å². The second-order valence-corrected chi connectivity index (χ2v) is 9.21. The number of carbonyl (C=O) groups excluding carboxylic acids is 1. The number of anilines is 1. The second-order valence-electron chi connectivity index (χ2n) is 7.27. The zero-order chi connectivity index (χ0) is 22.0. The van der Waals surface area contributed by atoms with E-state index in [9.17, 15) is 13.2 Å². The average Bonchev–Trinajstić information content (AvgIpc) is 2.82. The number of rotatable bonds is 5. The minimum Gasteiger partial charge on any atom is -0.496 e. The Bertz CT molecular complexity index is 1220. The monoisotopic (exact) mass is 440 g/mol. The van der Waals surface area contributed by atoms with Crippen molar-refractivity contribution in [2.75, 3.05) is 45.4 Å². The first-order valence-electron chi connectivity index (χ1n) is 9.94. The van der Waals surface area contributed by atoms with Crippen LogP contribution in [0.4, 0.5) is 5.69 Å². The largest absolute Gasteiger partial charge is 0.496 e. The molecule has 0 aliphatic carbocycles. The van der Waals surface area contributed by atoms with Crippen LogP contribution in [0.5, 0.6) is 5.75 Å². The van der Waals surface area contributed by atoms with Gasteiger partial charge in [-0.05, 0) is 41.1 Å². The minimum atomic E-state index is -3.74. The van der Waals surface area contributed by atoms with Crippen LogP contribution in [-0.2, 0) is 14.8 Å². The quantitative estimate of drug-likeness (QED) is 0.609. The normalized spacial score (nSPS) is 15.0. The van der Waals surface area contributed by atoms with Gasteiger partial charge in [-0.15, -0.1) is 0 Å². The fraction of sp³-hybridized carbons (Fsp3) is 0.261. The van der Waals surface area contributed by atoms with E-state index < -0.39 is 10.0 Å². The Labute approximate surface area is 181 Å². The van der Waals surface area contributed by atoms with Crippen molar-refractivity contribution in [3.63, 3.8) is 0 Å². The Kier molecular flexibility index (Phi) is 5.95. The third kappa shape index (κ3) is 4.14. The number of hydrogen-bond acceptors (Lipinski definition) is 5. The Balaban J connectivity index is 1.69. The topological polar surface area (TPSA) is 76.1 Å². The summed E-state index contributed by atoms with van der Waals surface area (Å²) in [7, 11) is -0.617. The zero-order valence-electron chi connectivity index (χ0n) is 17.4. The summed E-state index contributed by atoms with van der Waals surface area (Å²) in [4.78, 5) is 14.9. The summed E-state index contributed by atoms with van der Waals surface area (Å²) in [5.41, 5.74) is 0.889. The summed E-state index contributed by atoms with van der Waals surface area (Å²) in [6.07, 6.45) is 0. The van der Waals surface area contributed by atoms with E-state index in [1.165, 1.54) is 34.5 Å². The van der Waals surface area contributed by atoms with Crippen LogP contribution in [0.1, 0.15) is 10.4 Å². The number of fused-ring (bicyclic) bond motifs is 1. The number of morpholine rings is 1. The number of carbonyl (C=O) groups is 1. The molecule has 0 bridgehead atoms. The highest BCUT2D eigenvalue weighted by Crippen LogP contribution is 2.28. The van der Waals surface area contributed by atoms with Crippen LogP contribution in [0.3, 0.4) is 0 Å². The number of ether oxygens (including phenoxy) is 2. The summed E-state index contributed by atoms with van der Waals surface area (Å²) in [6, 6.07) is 18.0. The predicted molar refractivity (Wildman–Crippen MR) is 119 cm³/mol. The van der Waals surface area contributed by atoms with Crippen LogP contribution in [0, 0.1) is 0 Å². The molecular formula is C23H24N2O5S. The van der Waals surface area contributed by atoms with Crippen molar-refractivity contribution < 1.29 is 22.7 Å². The molecule has 0 aromatic heterocycles. The first-order chi connectivity index (χ1) is 14.9. The summed E-state index contributed by atoms with van der Waals surface area (Å²) in [6.45, 7) is 1.28. The lowest BCUT2D eigenvalue weighted by molar-refractivity contribution is 0.0730. The SMILES string of the molecule is COc1ccc(S(=O)(=O)N2CCOCC2)cc1C(=O)N(C)c1ccc2ccccc2c1. The highest BCUT2D eigenvalue weighted by molar-refractivity contribution is 7.89. The van der Waals surface area contributed by atoms with Gasteiger partial charge in [-0.3, -0.25) is 4.79 Å². The van der Waals surface area contributed by atoms with E-state index in [0.29, 0.717) is 24.7 Å². The molecule has 0 spiro atoms. The number of methoxy groups -OCH3 is 1. The molecule has 0 atom stereocenters. The molecule has 8 heteroatoms. The van der Waals surface area contributed by atoms with E-state index in [0.717, 1.165) is 10.8 Å². The molecule has 1 aliphatic rings. The van der Waals surface area contributed by atoms with Gasteiger partial charge in [0.05, 0.1) is 30.8 Å². The number of nitrogens with zero attached hydrogens (tertiary/aromatic N) is 2. The highest BCUT2D eigenvalue weighted by Gasteiger charge is 2.28. The zero-order valence-corrected chi connectivity index (χ0v) is 18.3. The van der Waals surface area contributed by atoms with E-state index in [2.05, 4.69) is 0 Å². The van der Waals surface area contributed by atoms with Gasteiger partial charge in [-0.25, -0.2) is 8.42 Å². The van der Waals surface area contributed by atoms with Gasteiger partial charge in [0.25, 0.3) is 5.91 Å². The summed E-state index contributed by atoms with van der Waals surface area (Å²) >= 11 is 0. The smallest absolute Gasteiger partial charge is 0.261 e. The van der Waals surface area contributed by atoms with Crippen molar-refractivity contribution in [1.29, 1.82) is 0 Å². The molecule has 1 amide bonds. The molecule has 0 radical (unpaired) electrons. The average molecular weight is 441 g/mol. The molecule has 1 heterocycles. The molecule has 1 fully saturated rings. The summed E-state index contributed by atoms with van der Waals surface area (Å²) < 4.78 is 38.1. The lowest BCUT2D eigenvalue weighted by Gasteiger charge is -2.26. The number of amides is 1. The van der Waals surface area contributed by atoms with E-state index in [1.807, 2.05) is 42.5 Å². The van der Waals surface area contributed by atoms with Crippen LogP contribution in [0.25, 0.3) is 10.8 Å². The Morgan fingerprint density at radius 2 is 1.71 bits per heavy atom. The van der Waals surface area contributed by atoms with Crippen LogP contribution < -0.4 is 9.64 Å². The lowest BCUT2D eigenvalue weighted by atomic mass is 10.1. The van der Waals surface area contributed by atoms with Gasteiger partial charge < -0.3 is 14.4 Å². The fourth-order valence-electron chi connectivity index (χ4n) is 3.63. The maximum atomic E-state index is 13.3. The van der Waals surface area contributed by atoms with Gasteiger partial charge in [0.15, 0.2) is 0 Å². The van der Waals surface area contributed by atoms with Gasteiger partial charge in [0.2, 0.25) is 10.0 Å². The molecular weight excluding hydrogens is 416 g/mol. The minimum absolute atomic E-state index is 0.0606. The van der Waals surface area contributed by atoms with Crippen molar-refractivity contribution in [1.82, 2.24) is 4.31 Å². The lowest BCUT2D eigenvalue weighted by Crippen LogP contribution is -2.40. The van der Waals surface area contributed by atoms with Crippen LogP contribution >= 0.6 is 0 Å². The van der Waals surface area contributed by atoms with Gasteiger partial charge in [-0.2, -0.15) is 4.31 Å². The van der Waals surface area contributed by atoms with Gasteiger partial charge >= 0.3 is 0 Å². The molecule has 0 saturated carbocycles. The van der Waals surface area contributed by atoms with Crippen molar-refractivity contribution in [3.8, 4) is 5.75 Å². The Hall–Kier alpha value is -2.94. The maximum Gasteiger partial charge on any atom is 0.261 e. The molecule has 7 nitrogen and oxygen atoms in total. The first-order valence-corrected chi connectivity index (χ1v) is 11.4. The van der Waals surface area contributed by atoms with Crippen molar-refractivity contribution >= 4 is 32.4 Å². The van der Waals surface area contributed by atoms with Crippen LogP contribution in [0.15, 0.2) is 65.6 Å². The standard InChI is InChI=1S/C23H24N2O5S/c1-24(19-8-7-17-5-3-4-6-18(17)15-19)23(26)21-16-20(9-10-22(21)29-2)31(27,28)25-11-13-30-14-12-25/h3-10,15-16H,11-14H2,1-2H3. The molecule has 3 aromatic rings. The number of hydrogen-bond donors (Lipinski definition) is 0. The van der Waals surface area contributed by atoms with E-state index >= 15 is 0 Å². The van der Waals surface area contributed by atoms with Crippen molar-refractivity contribution in [3.05, 3.63) is 66.2 Å². The van der Waals surface area contributed by atoms with Crippen LogP contribution in [-0.4, -0.2) is 59.1 Å². The molecule has 31 heavy (non-hydrogen) atoms. The summed E-state index contributed by atoms with van der Waals surface area (Å²) in [5, 5.41) is 2.08. The van der Waals surface area contributed by atoms with Crippen molar-refractivity contribution in [2.45, 2.75) is 4.90 Å². The second kappa shape index (κ2) is 8.66. The molecule has 1 aliphatic heterocycles. The predicted octanol–water partition coefficient (Wildman–Crippen LogP) is 3.15. The first kappa shape index (κ1) is 21.3. The van der Waals surface area contributed by atoms with Crippen LogP contribution in [0.2, 0.25) is 0 Å². The molecule has 3 aromatic carbocycles. The molecule has 0 unspecified atom stereocenters. The summed E-state index contributed by atoms with van der Waals surface area (Å²) in [5.74, 6) is -0.0373. The highest BCUT2D eigenvalue weighted by atomic mass is 32.2. The molecule has 0 N–H and O–H groups in total. The van der Waals surface area contributed by atoms with E-state index in [4.69, 9.17) is 9.47 Å². The van der Waals surface area contributed by atoms with Gasteiger partial charge in [-0.1, -0.05) is 30.3 Å². The molecule has 162 valence electrons. The van der Waals surface area contributed by atoms with E-state index in [-0.39, 0.29) is 29.5 Å². The van der Waals surface area contributed by atoms with E-state index in [1.54, 1.807) is 7.05 Å². The third-order valence-electron chi connectivity index (χ3n) is 5.43. The Morgan fingerprint density at radius 3 is 2.42 bits per heavy atom.